The van der Waals surface area contributed by atoms with Gasteiger partial charge in [-0.25, -0.2) is 0 Å². The molecule has 1 aromatic rings. The van der Waals surface area contributed by atoms with Gasteiger partial charge in [-0.15, -0.1) is 0 Å². The number of carbonyl (C=O) groups is 2. The lowest BCUT2D eigenvalue weighted by Gasteiger charge is -2.07. The van der Waals surface area contributed by atoms with Crippen LogP contribution in [-0.2, 0) is 22.2 Å². The molecule has 0 radical (unpaired) electrons. The van der Waals surface area contributed by atoms with Crippen LogP contribution in [0.1, 0.15) is 17.5 Å². The zero-order valence-corrected chi connectivity index (χ0v) is 9.83. The molecule has 0 aromatic heterocycles. The van der Waals surface area contributed by atoms with Gasteiger partial charge in [0.25, 0.3) is 0 Å². The van der Waals surface area contributed by atoms with E-state index >= 15 is 0 Å². The molecule has 4 nitrogen and oxygen atoms in total. The highest BCUT2D eigenvalue weighted by Crippen LogP contribution is 2.29. The molecule has 0 aliphatic carbocycles. The smallest absolute Gasteiger partial charge is 0.416 e. The average Bonchev–Trinajstić information content (AvgIpc) is 2.27. The summed E-state index contributed by atoms with van der Waals surface area (Å²) < 4.78 is 36.9. The van der Waals surface area contributed by atoms with Gasteiger partial charge in [0.1, 0.15) is 0 Å². The number of rotatable bonds is 5. The van der Waals surface area contributed by atoms with Crippen LogP contribution in [0.3, 0.4) is 0 Å². The molecule has 0 unspecified atom stereocenters. The van der Waals surface area contributed by atoms with Crippen LogP contribution in [0.25, 0.3) is 0 Å². The maximum Gasteiger partial charge on any atom is 0.416 e. The van der Waals surface area contributed by atoms with E-state index in [2.05, 4.69) is 5.32 Å². The lowest BCUT2D eigenvalue weighted by Crippen LogP contribution is -2.27. The molecule has 0 spiro atoms. The van der Waals surface area contributed by atoms with Gasteiger partial charge < -0.3 is 10.4 Å². The first-order valence-electron chi connectivity index (χ1n) is 5.43. The third-order valence-corrected chi connectivity index (χ3v) is 2.31. The summed E-state index contributed by atoms with van der Waals surface area (Å²) in [4.78, 5) is 21.6. The summed E-state index contributed by atoms with van der Waals surface area (Å²) >= 11 is 0. The molecule has 0 atom stereocenters. The number of amides is 1. The van der Waals surface area contributed by atoms with Crippen LogP contribution >= 0.6 is 0 Å². The first-order valence-corrected chi connectivity index (χ1v) is 5.43. The molecule has 0 saturated heterocycles. The molecule has 0 aliphatic rings. The van der Waals surface area contributed by atoms with Gasteiger partial charge in [-0.05, 0) is 17.7 Å². The number of hydrogen-bond acceptors (Lipinski definition) is 2. The third-order valence-electron chi connectivity index (χ3n) is 2.31. The Bertz CT molecular complexity index is 454. The van der Waals surface area contributed by atoms with Crippen LogP contribution in [-0.4, -0.2) is 23.5 Å². The molecule has 1 aromatic carbocycles. The van der Waals surface area contributed by atoms with Crippen molar-refractivity contribution in [1.29, 1.82) is 0 Å². The molecule has 1 amide bonds. The minimum atomic E-state index is -4.40. The van der Waals surface area contributed by atoms with Crippen molar-refractivity contribution in [3.05, 3.63) is 35.4 Å². The highest BCUT2D eigenvalue weighted by atomic mass is 19.4. The Labute approximate surface area is 107 Å². The van der Waals surface area contributed by atoms with Crippen molar-refractivity contribution < 1.29 is 27.9 Å². The number of nitrogens with one attached hydrogen (secondary N) is 1. The number of benzene rings is 1. The van der Waals surface area contributed by atoms with Crippen molar-refractivity contribution >= 4 is 11.9 Å². The highest BCUT2D eigenvalue weighted by Gasteiger charge is 2.29. The third kappa shape index (κ3) is 5.41. The van der Waals surface area contributed by atoms with Gasteiger partial charge in [0, 0.05) is 6.54 Å². The zero-order chi connectivity index (χ0) is 14.5. The standard InChI is InChI=1S/C12H12F3NO3/c13-12(14,15)9-3-1-8(2-4-9)7-10(17)16-6-5-11(18)19/h1-4H,5-7H2,(H,16,17)(H,18,19). The molecule has 1 rings (SSSR count). The maximum absolute atomic E-state index is 12.3. The van der Waals surface area contributed by atoms with E-state index in [0.717, 1.165) is 12.1 Å². The summed E-state index contributed by atoms with van der Waals surface area (Å²) in [6.07, 6.45) is -4.68. The van der Waals surface area contributed by atoms with Crippen molar-refractivity contribution in [3.63, 3.8) is 0 Å². The van der Waals surface area contributed by atoms with Gasteiger partial charge >= 0.3 is 12.1 Å². The molecule has 0 aliphatic heterocycles. The van der Waals surface area contributed by atoms with Crippen molar-refractivity contribution in [1.82, 2.24) is 5.32 Å². The van der Waals surface area contributed by atoms with Crippen molar-refractivity contribution in [3.8, 4) is 0 Å². The molecule has 2 N–H and O–H groups in total. The monoisotopic (exact) mass is 275 g/mol. The van der Waals surface area contributed by atoms with Crippen LogP contribution in [0.5, 0.6) is 0 Å². The Morgan fingerprint density at radius 1 is 1.16 bits per heavy atom. The lowest BCUT2D eigenvalue weighted by molar-refractivity contribution is -0.138. The number of halogens is 3. The summed E-state index contributed by atoms with van der Waals surface area (Å²) in [7, 11) is 0. The lowest BCUT2D eigenvalue weighted by atomic mass is 10.1. The Kier molecular flexibility index (Phi) is 4.91. The second-order valence-electron chi connectivity index (χ2n) is 3.87. The zero-order valence-electron chi connectivity index (χ0n) is 9.83. The predicted octanol–water partition coefficient (Wildman–Crippen LogP) is 1.84. The summed E-state index contributed by atoms with van der Waals surface area (Å²) in [5.74, 6) is -1.46. The Hall–Kier alpha value is -2.05. The number of alkyl halides is 3. The van der Waals surface area contributed by atoms with Gasteiger partial charge in [0.15, 0.2) is 0 Å². The van der Waals surface area contributed by atoms with Crippen LogP contribution < -0.4 is 5.32 Å². The SMILES string of the molecule is O=C(O)CCNC(=O)Cc1ccc(C(F)(F)F)cc1. The number of aliphatic carboxylic acids is 1. The topological polar surface area (TPSA) is 66.4 Å². The molecule has 0 fully saturated rings. The maximum atomic E-state index is 12.3. The summed E-state index contributed by atoms with van der Waals surface area (Å²) in [6, 6.07) is 4.25. The fourth-order valence-corrected chi connectivity index (χ4v) is 1.37. The second-order valence-corrected chi connectivity index (χ2v) is 3.87. The van der Waals surface area contributed by atoms with E-state index in [1.54, 1.807) is 0 Å². The van der Waals surface area contributed by atoms with E-state index in [1.165, 1.54) is 12.1 Å². The van der Waals surface area contributed by atoms with E-state index in [-0.39, 0.29) is 19.4 Å². The molecular formula is C12H12F3NO3. The fourth-order valence-electron chi connectivity index (χ4n) is 1.37. The second kappa shape index (κ2) is 6.21. The van der Waals surface area contributed by atoms with Gasteiger partial charge in [-0.2, -0.15) is 13.2 Å². The summed E-state index contributed by atoms with van der Waals surface area (Å²) in [6.45, 7) is -0.00516. The van der Waals surface area contributed by atoms with Crippen LogP contribution in [0.15, 0.2) is 24.3 Å². The normalized spacial score (nSPS) is 11.1. The number of carboxylic acids is 1. The minimum absolute atomic E-state index is 0.00516. The molecule has 0 bridgehead atoms. The Morgan fingerprint density at radius 2 is 1.74 bits per heavy atom. The van der Waals surface area contributed by atoms with E-state index in [0.29, 0.717) is 5.56 Å². The van der Waals surface area contributed by atoms with E-state index in [4.69, 9.17) is 5.11 Å². The number of carbonyl (C=O) groups excluding carboxylic acids is 1. The van der Waals surface area contributed by atoms with Crippen molar-refractivity contribution in [2.45, 2.75) is 19.0 Å². The van der Waals surface area contributed by atoms with Crippen LogP contribution in [0, 0.1) is 0 Å². The molecule has 0 heterocycles. The Balaban J connectivity index is 2.49. The predicted molar refractivity (Wildman–Crippen MR) is 60.4 cm³/mol. The molecule has 7 heteroatoms. The van der Waals surface area contributed by atoms with E-state index < -0.39 is 23.6 Å². The quantitative estimate of drug-likeness (QED) is 0.861. The highest BCUT2D eigenvalue weighted by molar-refractivity contribution is 5.79. The van der Waals surface area contributed by atoms with Gasteiger partial charge in [-0.3, -0.25) is 9.59 Å². The summed E-state index contributed by atoms with van der Waals surface area (Å²) in [5, 5.41) is 10.7. The minimum Gasteiger partial charge on any atom is -0.481 e. The van der Waals surface area contributed by atoms with E-state index in [1.807, 2.05) is 0 Å². The van der Waals surface area contributed by atoms with Crippen LogP contribution in [0.4, 0.5) is 13.2 Å². The molecular weight excluding hydrogens is 263 g/mol. The van der Waals surface area contributed by atoms with E-state index in [9.17, 15) is 22.8 Å². The number of carboxylic acid groups (broad SMARTS) is 1. The first kappa shape index (κ1) is 15.0. The number of hydrogen-bond donors (Lipinski definition) is 2. The molecule has 0 saturated carbocycles. The first-order chi connectivity index (χ1) is 8.79. The van der Waals surface area contributed by atoms with Crippen LogP contribution in [0.2, 0.25) is 0 Å². The van der Waals surface area contributed by atoms with Crippen molar-refractivity contribution in [2.75, 3.05) is 6.54 Å². The van der Waals surface area contributed by atoms with Gasteiger partial charge in [-0.1, -0.05) is 12.1 Å². The van der Waals surface area contributed by atoms with Gasteiger partial charge in [0.2, 0.25) is 5.91 Å². The Morgan fingerprint density at radius 3 is 2.21 bits per heavy atom. The fraction of sp³-hybridized carbons (Fsp3) is 0.333. The molecule has 104 valence electrons. The largest absolute Gasteiger partial charge is 0.481 e. The summed E-state index contributed by atoms with van der Waals surface area (Å²) in [5.41, 5.74) is -0.344. The average molecular weight is 275 g/mol. The molecule has 19 heavy (non-hydrogen) atoms. The van der Waals surface area contributed by atoms with Gasteiger partial charge in [0.05, 0.1) is 18.4 Å². The van der Waals surface area contributed by atoms with Crippen molar-refractivity contribution in [2.24, 2.45) is 0 Å².